The Morgan fingerprint density at radius 2 is 1.69 bits per heavy atom. The summed E-state index contributed by atoms with van der Waals surface area (Å²) < 4.78 is 7.96. The monoisotopic (exact) mass is 525 g/mol. The van der Waals surface area contributed by atoms with Gasteiger partial charge in [-0.1, -0.05) is 24.3 Å². The second-order valence-corrected chi connectivity index (χ2v) is 10.3. The summed E-state index contributed by atoms with van der Waals surface area (Å²) in [7, 11) is 5.87. The number of hydrogen-bond acceptors (Lipinski definition) is 7. The molecule has 0 unspecified atom stereocenters. The number of fused-ring (bicyclic) bond motifs is 1. The average molecular weight is 526 g/mol. The SMILES string of the molecule is CN(C)C/C=C/C(=O)N(C)C1CCC(n2nc(-c3ccc(Oc4ccccc4)cc3)c3c(N)ncnc32)CC1. The number of ether oxygens (including phenoxy) is 1. The summed E-state index contributed by atoms with van der Waals surface area (Å²) >= 11 is 0. The summed E-state index contributed by atoms with van der Waals surface area (Å²) in [6, 6.07) is 17.9. The number of aromatic nitrogens is 4. The number of likely N-dealkylation sites (N-methyl/N-ethyl adjacent to an activating group) is 2. The highest BCUT2D eigenvalue weighted by molar-refractivity contribution is 5.98. The van der Waals surface area contributed by atoms with Crippen LogP contribution < -0.4 is 10.5 Å². The smallest absolute Gasteiger partial charge is 0.246 e. The lowest BCUT2D eigenvalue weighted by Crippen LogP contribution is -2.39. The van der Waals surface area contributed by atoms with Gasteiger partial charge >= 0.3 is 0 Å². The Labute approximate surface area is 228 Å². The molecule has 2 aromatic carbocycles. The molecule has 1 saturated carbocycles. The van der Waals surface area contributed by atoms with E-state index in [9.17, 15) is 4.79 Å². The van der Waals surface area contributed by atoms with Gasteiger partial charge in [0.05, 0.1) is 11.4 Å². The number of rotatable bonds is 8. The van der Waals surface area contributed by atoms with Gasteiger partial charge in [0.1, 0.15) is 29.3 Å². The summed E-state index contributed by atoms with van der Waals surface area (Å²) in [6.45, 7) is 0.745. The molecular weight excluding hydrogens is 490 g/mol. The van der Waals surface area contributed by atoms with Crippen molar-refractivity contribution in [3.05, 3.63) is 73.1 Å². The Balaban J connectivity index is 1.33. The normalized spacial score (nSPS) is 17.6. The number of amides is 1. The van der Waals surface area contributed by atoms with Crippen LogP contribution in [0.2, 0.25) is 0 Å². The van der Waals surface area contributed by atoms with Gasteiger partial charge in [-0.2, -0.15) is 5.10 Å². The summed E-state index contributed by atoms with van der Waals surface area (Å²) in [4.78, 5) is 25.4. The molecule has 2 N–H and O–H groups in total. The van der Waals surface area contributed by atoms with Crippen molar-refractivity contribution < 1.29 is 9.53 Å². The van der Waals surface area contributed by atoms with Crippen LogP contribution in [0.1, 0.15) is 31.7 Å². The Kier molecular flexibility index (Phi) is 7.88. The van der Waals surface area contributed by atoms with E-state index >= 15 is 0 Å². The van der Waals surface area contributed by atoms with Crippen molar-refractivity contribution in [2.24, 2.45) is 0 Å². The third-order valence-electron chi connectivity index (χ3n) is 7.26. The Morgan fingerprint density at radius 3 is 2.38 bits per heavy atom. The van der Waals surface area contributed by atoms with Crippen LogP contribution >= 0.6 is 0 Å². The van der Waals surface area contributed by atoms with Gasteiger partial charge in [-0.05, 0) is 76.2 Å². The number of benzene rings is 2. The molecule has 0 radical (unpaired) electrons. The molecule has 1 fully saturated rings. The highest BCUT2D eigenvalue weighted by atomic mass is 16.5. The average Bonchev–Trinajstić information content (AvgIpc) is 3.34. The summed E-state index contributed by atoms with van der Waals surface area (Å²) in [5.74, 6) is 1.98. The lowest BCUT2D eigenvalue weighted by molar-refractivity contribution is -0.127. The van der Waals surface area contributed by atoms with Crippen LogP contribution in [0.3, 0.4) is 0 Å². The zero-order chi connectivity index (χ0) is 27.4. The first-order chi connectivity index (χ1) is 18.9. The van der Waals surface area contributed by atoms with Gasteiger partial charge in [0.2, 0.25) is 5.91 Å². The fraction of sp³-hybridized carbons (Fsp3) is 0.333. The third kappa shape index (κ3) is 5.93. The van der Waals surface area contributed by atoms with Crippen LogP contribution in [0.5, 0.6) is 11.5 Å². The van der Waals surface area contributed by atoms with Gasteiger partial charge in [-0.15, -0.1) is 0 Å². The first-order valence-electron chi connectivity index (χ1n) is 13.3. The number of nitrogens with two attached hydrogens (primary N) is 1. The van der Waals surface area contributed by atoms with E-state index in [0.29, 0.717) is 5.82 Å². The fourth-order valence-electron chi connectivity index (χ4n) is 5.11. The lowest BCUT2D eigenvalue weighted by atomic mass is 9.90. The van der Waals surface area contributed by atoms with Crippen LogP contribution in [-0.2, 0) is 4.79 Å². The van der Waals surface area contributed by atoms with E-state index in [1.807, 2.05) is 96.3 Å². The van der Waals surface area contributed by atoms with E-state index in [1.54, 1.807) is 6.08 Å². The maximum Gasteiger partial charge on any atom is 0.246 e. The quantitative estimate of drug-likeness (QED) is 0.326. The molecule has 9 heteroatoms. The molecule has 5 rings (SSSR count). The van der Waals surface area contributed by atoms with Gasteiger partial charge in [0.15, 0.2) is 5.65 Å². The van der Waals surface area contributed by atoms with Crippen molar-refractivity contribution in [3.63, 3.8) is 0 Å². The third-order valence-corrected chi connectivity index (χ3v) is 7.26. The number of nitrogens with zero attached hydrogens (tertiary/aromatic N) is 6. The second-order valence-electron chi connectivity index (χ2n) is 10.3. The summed E-state index contributed by atoms with van der Waals surface area (Å²) in [5.41, 5.74) is 8.76. The van der Waals surface area contributed by atoms with Crippen molar-refractivity contribution >= 4 is 22.8 Å². The van der Waals surface area contributed by atoms with Crippen LogP contribution in [0, 0.1) is 0 Å². The van der Waals surface area contributed by atoms with E-state index in [4.69, 9.17) is 15.6 Å². The van der Waals surface area contributed by atoms with Gasteiger partial charge in [0.25, 0.3) is 0 Å². The number of anilines is 1. The predicted molar refractivity (Wildman–Crippen MR) is 153 cm³/mol. The van der Waals surface area contributed by atoms with Crippen molar-refractivity contribution in [2.75, 3.05) is 33.4 Å². The highest BCUT2D eigenvalue weighted by Gasteiger charge is 2.29. The van der Waals surface area contributed by atoms with Crippen molar-refractivity contribution in [1.29, 1.82) is 0 Å². The second kappa shape index (κ2) is 11.7. The number of carbonyl (C=O) groups excluding carboxylic acids is 1. The van der Waals surface area contributed by atoms with E-state index in [1.165, 1.54) is 6.33 Å². The topological polar surface area (TPSA) is 102 Å². The van der Waals surface area contributed by atoms with E-state index in [-0.39, 0.29) is 18.0 Å². The number of para-hydroxylation sites is 1. The number of hydrogen-bond donors (Lipinski definition) is 1. The number of carbonyl (C=O) groups is 1. The first kappa shape index (κ1) is 26.4. The first-order valence-corrected chi connectivity index (χ1v) is 13.3. The zero-order valence-electron chi connectivity index (χ0n) is 22.7. The predicted octanol–water partition coefficient (Wildman–Crippen LogP) is 4.93. The van der Waals surface area contributed by atoms with Crippen LogP contribution in [-0.4, -0.2) is 69.2 Å². The van der Waals surface area contributed by atoms with E-state index in [2.05, 4.69) is 9.97 Å². The molecule has 4 aromatic rings. The molecule has 0 atom stereocenters. The van der Waals surface area contributed by atoms with Gasteiger partial charge < -0.3 is 20.3 Å². The zero-order valence-corrected chi connectivity index (χ0v) is 22.7. The molecule has 9 nitrogen and oxygen atoms in total. The standard InChI is InChI=1S/C30H35N7O2/c1-35(2)19-7-10-26(38)36(3)22-13-15-23(16-14-22)37-30-27(29(31)32-20-33-30)28(34-37)21-11-17-25(18-12-21)39-24-8-5-4-6-9-24/h4-12,17-18,20,22-23H,13-16,19H2,1-3H3,(H2,31,32,33)/b10-7+. The minimum Gasteiger partial charge on any atom is -0.457 e. The van der Waals surface area contributed by atoms with Crippen molar-refractivity contribution in [1.82, 2.24) is 29.5 Å². The lowest BCUT2D eigenvalue weighted by Gasteiger charge is -2.34. The van der Waals surface area contributed by atoms with Gasteiger partial charge in [-0.25, -0.2) is 14.6 Å². The van der Waals surface area contributed by atoms with Crippen LogP contribution in [0.4, 0.5) is 5.82 Å². The molecule has 0 aliphatic heterocycles. The largest absolute Gasteiger partial charge is 0.457 e. The molecule has 1 aliphatic rings. The Hall–Kier alpha value is -4.24. The van der Waals surface area contributed by atoms with Gasteiger partial charge in [-0.3, -0.25) is 4.79 Å². The maximum atomic E-state index is 12.6. The van der Waals surface area contributed by atoms with Crippen molar-refractivity contribution in [3.8, 4) is 22.8 Å². The molecule has 39 heavy (non-hydrogen) atoms. The highest BCUT2D eigenvalue weighted by Crippen LogP contribution is 2.37. The minimum absolute atomic E-state index is 0.0485. The summed E-state index contributed by atoms with van der Waals surface area (Å²) in [6.07, 6.45) is 8.67. The maximum absolute atomic E-state index is 12.6. The Bertz CT molecular complexity index is 1440. The van der Waals surface area contributed by atoms with Gasteiger partial charge in [0, 0.05) is 31.3 Å². The molecule has 0 spiro atoms. The molecule has 2 aromatic heterocycles. The van der Waals surface area contributed by atoms with E-state index < -0.39 is 0 Å². The molecule has 1 amide bonds. The minimum atomic E-state index is 0.0485. The molecule has 202 valence electrons. The van der Waals surface area contributed by atoms with E-state index in [0.717, 1.165) is 66.0 Å². The summed E-state index contributed by atoms with van der Waals surface area (Å²) in [5, 5.41) is 5.78. The molecule has 0 saturated heterocycles. The molecular formula is C30H35N7O2. The fourth-order valence-corrected chi connectivity index (χ4v) is 5.11. The molecule has 1 aliphatic carbocycles. The molecule has 2 heterocycles. The van der Waals surface area contributed by atoms with Crippen LogP contribution in [0.25, 0.3) is 22.3 Å². The van der Waals surface area contributed by atoms with Crippen LogP contribution in [0.15, 0.2) is 73.1 Å². The number of nitrogen functional groups attached to an aromatic ring is 1. The van der Waals surface area contributed by atoms with Crippen molar-refractivity contribution in [2.45, 2.75) is 37.8 Å². The Morgan fingerprint density at radius 1 is 1.00 bits per heavy atom. The molecule has 0 bridgehead atoms.